The van der Waals surface area contributed by atoms with Crippen LogP contribution < -0.4 is 4.90 Å². The van der Waals surface area contributed by atoms with Crippen molar-refractivity contribution in [3.8, 4) is 0 Å². The van der Waals surface area contributed by atoms with Crippen molar-refractivity contribution < 1.29 is 19.6 Å². The van der Waals surface area contributed by atoms with Crippen molar-refractivity contribution in [2.24, 2.45) is 0 Å². The summed E-state index contributed by atoms with van der Waals surface area (Å²) in [7, 11) is 0. The number of carbonyl (C=O) groups is 1. The number of hydrogen-bond donors (Lipinski definition) is 1. The number of hydrogen-bond acceptors (Lipinski definition) is 5. The number of ether oxygens (including phenoxy) is 1. The molecular formula is C13H16N2O5. The first kappa shape index (κ1) is 14.3. The monoisotopic (exact) mass is 280 g/mol. The summed E-state index contributed by atoms with van der Waals surface area (Å²) in [6.07, 6.45) is 0.816. The van der Waals surface area contributed by atoms with Gasteiger partial charge in [0.05, 0.1) is 35.4 Å². The Kier molecular flexibility index (Phi) is 4.19. The average molecular weight is 280 g/mol. The van der Waals surface area contributed by atoms with Gasteiger partial charge in [-0.15, -0.1) is 0 Å². The molecule has 1 aliphatic rings. The Bertz CT molecular complexity index is 531. The molecule has 1 unspecified atom stereocenters. The van der Waals surface area contributed by atoms with Crippen molar-refractivity contribution in [3.63, 3.8) is 0 Å². The largest absolute Gasteiger partial charge is 0.478 e. The fourth-order valence-electron chi connectivity index (χ4n) is 2.37. The van der Waals surface area contributed by atoms with Gasteiger partial charge in [-0.2, -0.15) is 0 Å². The van der Waals surface area contributed by atoms with Crippen LogP contribution in [-0.2, 0) is 4.74 Å². The highest BCUT2D eigenvalue weighted by Crippen LogP contribution is 2.29. The molecule has 7 heteroatoms. The zero-order chi connectivity index (χ0) is 14.7. The van der Waals surface area contributed by atoms with Crippen molar-refractivity contribution >= 4 is 17.3 Å². The highest BCUT2D eigenvalue weighted by molar-refractivity contribution is 5.95. The van der Waals surface area contributed by atoms with E-state index < -0.39 is 10.9 Å². The first-order valence-electron chi connectivity index (χ1n) is 6.40. The molecule has 1 aromatic rings. The summed E-state index contributed by atoms with van der Waals surface area (Å²) >= 11 is 0. The maximum Gasteiger partial charge on any atom is 0.338 e. The summed E-state index contributed by atoms with van der Waals surface area (Å²) in [5, 5.41) is 20.0. The van der Waals surface area contributed by atoms with Gasteiger partial charge in [0.1, 0.15) is 0 Å². The van der Waals surface area contributed by atoms with Crippen LogP contribution in [-0.4, -0.2) is 41.8 Å². The quantitative estimate of drug-likeness (QED) is 0.669. The molecule has 1 atom stereocenters. The number of nitrogens with zero attached hydrogens (tertiary/aromatic N) is 2. The molecule has 1 heterocycles. The van der Waals surface area contributed by atoms with Gasteiger partial charge in [0.2, 0.25) is 0 Å². The van der Waals surface area contributed by atoms with Gasteiger partial charge in [-0.3, -0.25) is 10.1 Å². The molecule has 0 aliphatic carbocycles. The molecule has 0 amide bonds. The maximum atomic E-state index is 11.4. The van der Waals surface area contributed by atoms with E-state index in [-0.39, 0.29) is 17.3 Å². The zero-order valence-electron chi connectivity index (χ0n) is 11.1. The smallest absolute Gasteiger partial charge is 0.338 e. The second-order valence-electron chi connectivity index (χ2n) is 4.59. The molecule has 108 valence electrons. The molecule has 2 rings (SSSR count). The number of morpholine rings is 1. The van der Waals surface area contributed by atoms with Gasteiger partial charge in [0.25, 0.3) is 5.69 Å². The fraction of sp³-hybridized carbons (Fsp3) is 0.462. The summed E-state index contributed by atoms with van der Waals surface area (Å²) in [5.41, 5.74) is 0.255. The SMILES string of the molecule is CCC1COCCN1c1ccc([N+](=O)[O-])cc1C(=O)O. The molecule has 0 radical (unpaired) electrons. The molecule has 1 aromatic carbocycles. The van der Waals surface area contributed by atoms with Crippen LogP contribution in [0, 0.1) is 10.1 Å². The van der Waals surface area contributed by atoms with Gasteiger partial charge in [-0.05, 0) is 12.5 Å². The summed E-state index contributed by atoms with van der Waals surface area (Å²) in [6.45, 7) is 3.63. The van der Waals surface area contributed by atoms with Crippen LogP contribution in [0.4, 0.5) is 11.4 Å². The maximum absolute atomic E-state index is 11.4. The van der Waals surface area contributed by atoms with Crippen LogP contribution in [0.25, 0.3) is 0 Å². The molecule has 0 bridgehead atoms. The number of aromatic carboxylic acids is 1. The summed E-state index contributed by atoms with van der Waals surface area (Å²) in [5.74, 6) is -1.16. The molecule has 1 fully saturated rings. The van der Waals surface area contributed by atoms with E-state index >= 15 is 0 Å². The van der Waals surface area contributed by atoms with E-state index in [2.05, 4.69) is 0 Å². The lowest BCUT2D eigenvalue weighted by Gasteiger charge is -2.37. The Balaban J connectivity index is 2.44. The van der Waals surface area contributed by atoms with Crippen molar-refractivity contribution in [2.75, 3.05) is 24.7 Å². The van der Waals surface area contributed by atoms with Crippen molar-refractivity contribution in [3.05, 3.63) is 33.9 Å². The second kappa shape index (κ2) is 5.87. The van der Waals surface area contributed by atoms with Crippen LogP contribution in [0.1, 0.15) is 23.7 Å². The first-order chi connectivity index (χ1) is 9.54. The van der Waals surface area contributed by atoms with Gasteiger partial charge in [-0.25, -0.2) is 4.79 Å². The third kappa shape index (κ3) is 2.72. The van der Waals surface area contributed by atoms with E-state index in [1.807, 2.05) is 11.8 Å². The third-order valence-corrected chi connectivity index (χ3v) is 3.43. The molecule has 20 heavy (non-hydrogen) atoms. The van der Waals surface area contributed by atoms with Crippen molar-refractivity contribution in [2.45, 2.75) is 19.4 Å². The third-order valence-electron chi connectivity index (χ3n) is 3.43. The van der Waals surface area contributed by atoms with Crippen LogP contribution in [0.5, 0.6) is 0 Å². The van der Waals surface area contributed by atoms with E-state index in [9.17, 15) is 20.0 Å². The van der Waals surface area contributed by atoms with E-state index in [1.54, 1.807) is 0 Å². The van der Waals surface area contributed by atoms with Crippen LogP contribution >= 0.6 is 0 Å². The lowest BCUT2D eigenvalue weighted by Crippen LogP contribution is -2.45. The molecule has 1 aliphatic heterocycles. The standard InChI is InChI=1S/C13H16N2O5/c1-2-9-8-20-6-5-14(9)12-4-3-10(15(18)19)7-11(12)13(16)17/h3-4,7,9H,2,5-6,8H2,1H3,(H,16,17). The second-order valence-corrected chi connectivity index (χ2v) is 4.59. The molecule has 1 N–H and O–H groups in total. The van der Waals surface area contributed by atoms with Crippen molar-refractivity contribution in [1.29, 1.82) is 0 Å². The molecule has 0 spiro atoms. The number of anilines is 1. The minimum Gasteiger partial charge on any atom is -0.478 e. The number of benzene rings is 1. The van der Waals surface area contributed by atoms with E-state index in [4.69, 9.17) is 4.74 Å². The van der Waals surface area contributed by atoms with Crippen LogP contribution in [0.2, 0.25) is 0 Å². The molecule has 0 aromatic heterocycles. The average Bonchev–Trinajstić information content (AvgIpc) is 2.46. The summed E-state index contributed by atoms with van der Waals surface area (Å²) < 4.78 is 5.39. The lowest BCUT2D eigenvalue weighted by molar-refractivity contribution is -0.384. The normalized spacial score (nSPS) is 18.9. The van der Waals surface area contributed by atoms with Gasteiger partial charge < -0.3 is 14.7 Å². The van der Waals surface area contributed by atoms with Gasteiger partial charge in [0, 0.05) is 18.7 Å². The first-order valence-corrected chi connectivity index (χ1v) is 6.40. The minimum absolute atomic E-state index is 0.0421. The summed E-state index contributed by atoms with van der Waals surface area (Å²) in [4.78, 5) is 23.5. The minimum atomic E-state index is -1.16. The predicted molar refractivity (Wildman–Crippen MR) is 72.3 cm³/mol. The Morgan fingerprint density at radius 2 is 2.35 bits per heavy atom. The van der Waals surface area contributed by atoms with Crippen LogP contribution in [0.15, 0.2) is 18.2 Å². The van der Waals surface area contributed by atoms with Gasteiger partial charge >= 0.3 is 5.97 Å². The highest BCUT2D eigenvalue weighted by atomic mass is 16.6. The van der Waals surface area contributed by atoms with Crippen LogP contribution in [0.3, 0.4) is 0 Å². The Labute approximate surface area is 115 Å². The Hall–Kier alpha value is -2.15. The topological polar surface area (TPSA) is 92.9 Å². The van der Waals surface area contributed by atoms with Crippen molar-refractivity contribution in [1.82, 2.24) is 0 Å². The highest BCUT2D eigenvalue weighted by Gasteiger charge is 2.26. The van der Waals surface area contributed by atoms with E-state index in [0.29, 0.717) is 25.4 Å². The number of nitro benzene ring substituents is 1. The molecule has 0 saturated carbocycles. The Morgan fingerprint density at radius 1 is 1.60 bits per heavy atom. The van der Waals surface area contributed by atoms with Gasteiger partial charge in [-0.1, -0.05) is 6.92 Å². The number of non-ortho nitro benzene ring substituents is 1. The number of rotatable bonds is 4. The summed E-state index contributed by atoms with van der Waals surface area (Å²) in [6, 6.07) is 4.04. The number of carboxylic acid groups (broad SMARTS) is 1. The van der Waals surface area contributed by atoms with E-state index in [0.717, 1.165) is 12.5 Å². The zero-order valence-corrected chi connectivity index (χ0v) is 11.1. The predicted octanol–water partition coefficient (Wildman–Crippen LogP) is 1.91. The number of carboxylic acids is 1. The number of nitro groups is 1. The van der Waals surface area contributed by atoms with Gasteiger partial charge in [0.15, 0.2) is 0 Å². The molecule has 7 nitrogen and oxygen atoms in total. The molecule has 1 saturated heterocycles. The molecular weight excluding hydrogens is 264 g/mol. The lowest BCUT2D eigenvalue weighted by atomic mass is 10.1. The fourth-order valence-corrected chi connectivity index (χ4v) is 2.37. The van der Waals surface area contributed by atoms with E-state index in [1.165, 1.54) is 12.1 Å². The Morgan fingerprint density at radius 3 is 2.95 bits per heavy atom.